The summed E-state index contributed by atoms with van der Waals surface area (Å²) in [5.41, 5.74) is 11.4. The molecule has 0 atom stereocenters. The van der Waals surface area contributed by atoms with Gasteiger partial charge in [0.25, 0.3) is 0 Å². The van der Waals surface area contributed by atoms with Crippen molar-refractivity contribution in [1.82, 2.24) is 15.0 Å². The number of aromatic amines is 1. The molecular weight excluding hydrogens is 248 g/mol. The molecule has 0 bridgehead atoms. The van der Waals surface area contributed by atoms with E-state index in [0.29, 0.717) is 6.54 Å². The van der Waals surface area contributed by atoms with Crippen LogP contribution in [0.25, 0.3) is 11.0 Å². The van der Waals surface area contributed by atoms with E-state index in [1.807, 2.05) is 6.20 Å². The zero-order valence-electron chi connectivity index (χ0n) is 11.6. The second kappa shape index (κ2) is 5.43. The van der Waals surface area contributed by atoms with Gasteiger partial charge in [0.05, 0.1) is 5.69 Å². The summed E-state index contributed by atoms with van der Waals surface area (Å²) in [4.78, 5) is 11.8. The lowest BCUT2D eigenvalue weighted by Crippen LogP contribution is -2.00. The van der Waals surface area contributed by atoms with Gasteiger partial charge < -0.3 is 10.7 Å². The summed E-state index contributed by atoms with van der Waals surface area (Å²) >= 11 is 0. The quantitative estimate of drug-likeness (QED) is 0.762. The zero-order chi connectivity index (χ0) is 13.9. The topological polar surface area (TPSA) is 67.6 Å². The van der Waals surface area contributed by atoms with Gasteiger partial charge >= 0.3 is 0 Å². The Hall–Kier alpha value is -2.20. The molecule has 4 nitrogen and oxygen atoms in total. The predicted octanol–water partition coefficient (Wildman–Crippen LogP) is 2.51. The van der Waals surface area contributed by atoms with Gasteiger partial charge in [0.15, 0.2) is 0 Å². The average molecular weight is 266 g/mol. The Morgan fingerprint density at radius 1 is 1.10 bits per heavy atom. The van der Waals surface area contributed by atoms with Crippen LogP contribution in [-0.4, -0.2) is 15.0 Å². The van der Waals surface area contributed by atoms with Crippen LogP contribution in [0.1, 0.15) is 22.4 Å². The minimum Gasteiger partial charge on any atom is -0.346 e. The SMILES string of the molecule is Cc1ccc(CCc2ncnc3[nH]cc(CN)c23)cc1. The molecule has 3 N–H and O–H groups in total. The number of benzene rings is 1. The number of aryl methyl sites for hydroxylation is 3. The summed E-state index contributed by atoms with van der Waals surface area (Å²) in [6.45, 7) is 2.61. The number of nitrogens with one attached hydrogen (secondary N) is 1. The molecule has 0 saturated carbocycles. The Morgan fingerprint density at radius 3 is 2.65 bits per heavy atom. The minimum absolute atomic E-state index is 0.505. The van der Waals surface area contributed by atoms with E-state index in [-0.39, 0.29) is 0 Å². The Bertz CT molecular complexity index is 713. The monoisotopic (exact) mass is 266 g/mol. The summed E-state index contributed by atoms with van der Waals surface area (Å²) in [5.74, 6) is 0. The summed E-state index contributed by atoms with van der Waals surface area (Å²) in [7, 11) is 0. The van der Waals surface area contributed by atoms with Crippen LogP contribution in [0.2, 0.25) is 0 Å². The van der Waals surface area contributed by atoms with E-state index in [9.17, 15) is 0 Å². The lowest BCUT2D eigenvalue weighted by Gasteiger charge is -2.05. The Kier molecular flexibility index (Phi) is 3.48. The van der Waals surface area contributed by atoms with E-state index < -0.39 is 0 Å². The molecule has 0 saturated heterocycles. The molecule has 0 spiro atoms. The fraction of sp³-hybridized carbons (Fsp3) is 0.250. The highest BCUT2D eigenvalue weighted by Gasteiger charge is 2.09. The van der Waals surface area contributed by atoms with E-state index in [0.717, 1.165) is 35.1 Å². The first-order chi connectivity index (χ1) is 9.78. The first-order valence-corrected chi connectivity index (χ1v) is 6.83. The second-order valence-corrected chi connectivity index (χ2v) is 5.05. The van der Waals surface area contributed by atoms with Gasteiger partial charge in [-0.15, -0.1) is 0 Å². The van der Waals surface area contributed by atoms with Crippen molar-refractivity contribution in [2.45, 2.75) is 26.3 Å². The molecule has 3 aromatic rings. The van der Waals surface area contributed by atoms with Crippen LogP contribution in [-0.2, 0) is 19.4 Å². The molecule has 0 radical (unpaired) electrons. The number of nitrogens with zero attached hydrogens (tertiary/aromatic N) is 2. The fourth-order valence-electron chi connectivity index (χ4n) is 2.46. The Morgan fingerprint density at radius 2 is 1.90 bits per heavy atom. The molecule has 0 aliphatic heterocycles. The van der Waals surface area contributed by atoms with E-state index >= 15 is 0 Å². The number of H-pyrrole nitrogens is 1. The highest BCUT2D eigenvalue weighted by molar-refractivity contribution is 5.82. The van der Waals surface area contributed by atoms with Crippen molar-refractivity contribution >= 4 is 11.0 Å². The standard InChI is InChI=1S/C16H18N4/c1-11-2-4-12(5-3-11)6-7-14-15-13(8-17)9-18-16(15)20-10-19-14/h2-5,9-10H,6-8,17H2,1H3,(H,18,19,20). The summed E-state index contributed by atoms with van der Waals surface area (Å²) < 4.78 is 0. The molecule has 0 amide bonds. The fourth-order valence-corrected chi connectivity index (χ4v) is 2.46. The number of rotatable bonds is 4. The maximum absolute atomic E-state index is 5.78. The molecule has 0 aliphatic carbocycles. The van der Waals surface area contributed by atoms with Crippen LogP contribution >= 0.6 is 0 Å². The normalized spacial score (nSPS) is 11.1. The molecule has 102 valence electrons. The van der Waals surface area contributed by atoms with Gasteiger partial charge in [-0.05, 0) is 30.9 Å². The van der Waals surface area contributed by atoms with Gasteiger partial charge in [0.1, 0.15) is 12.0 Å². The van der Waals surface area contributed by atoms with Crippen LogP contribution < -0.4 is 5.73 Å². The number of aromatic nitrogens is 3. The molecular formula is C16H18N4. The predicted molar refractivity (Wildman–Crippen MR) is 80.4 cm³/mol. The van der Waals surface area contributed by atoms with E-state index in [2.05, 4.69) is 46.1 Å². The highest BCUT2D eigenvalue weighted by atomic mass is 14.9. The van der Waals surface area contributed by atoms with Crippen LogP contribution in [0.5, 0.6) is 0 Å². The van der Waals surface area contributed by atoms with Gasteiger partial charge in [-0.2, -0.15) is 0 Å². The molecule has 1 aromatic carbocycles. The van der Waals surface area contributed by atoms with Gasteiger partial charge in [-0.1, -0.05) is 29.8 Å². The molecule has 2 heterocycles. The van der Waals surface area contributed by atoms with E-state index in [4.69, 9.17) is 5.73 Å². The largest absolute Gasteiger partial charge is 0.346 e. The first-order valence-electron chi connectivity index (χ1n) is 6.83. The van der Waals surface area contributed by atoms with Crippen molar-refractivity contribution in [3.63, 3.8) is 0 Å². The maximum atomic E-state index is 5.78. The summed E-state index contributed by atoms with van der Waals surface area (Å²) in [6.07, 6.45) is 5.41. The molecule has 3 rings (SSSR count). The van der Waals surface area contributed by atoms with Crippen LogP contribution in [0.15, 0.2) is 36.8 Å². The summed E-state index contributed by atoms with van der Waals surface area (Å²) in [5, 5.41) is 1.09. The smallest absolute Gasteiger partial charge is 0.141 e. The van der Waals surface area contributed by atoms with Crippen molar-refractivity contribution in [1.29, 1.82) is 0 Å². The van der Waals surface area contributed by atoms with Crippen molar-refractivity contribution in [2.24, 2.45) is 5.73 Å². The van der Waals surface area contributed by atoms with Gasteiger partial charge in [0.2, 0.25) is 0 Å². The third-order valence-corrected chi connectivity index (χ3v) is 3.62. The van der Waals surface area contributed by atoms with Gasteiger partial charge in [-0.3, -0.25) is 0 Å². The van der Waals surface area contributed by atoms with E-state index in [1.165, 1.54) is 11.1 Å². The van der Waals surface area contributed by atoms with Crippen LogP contribution in [0.4, 0.5) is 0 Å². The molecule has 0 fully saturated rings. The molecule has 4 heteroatoms. The van der Waals surface area contributed by atoms with Crippen LogP contribution in [0.3, 0.4) is 0 Å². The van der Waals surface area contributed by atoms with Crippen molar-refractivity contribution < 1.29 is 0 Å². The van der Waals surface area contributed by atoms with Gasteiger partial charge in [-0.25, -0.2) is 9.97 Å². The third-order valence-electron chi connectivity index (χ3n) is 3.62. The molecule has 20 heavy (non-hydrogen) atoms. The maximum Gasteiger partial charge on any atom is 0.141 e. The number of hydrogen-bond acceptors (Lipinski definition) is 3. The number of fused-ring (bicyclic) bond motifs is 1. The Balaban J connectivity index is 1.87. The molecule has 2 aromatic heterocycles. The lowest BCUT2D eigenvalue weighted by atomic mass is 10.0. The summed E-state index contributed by atoms with van der Waals surface area (Å²) in [6, 6.07) is 8.64. The minimum atomic E-state index is 0.505. The van der Waals surface area contributed by atoms with E-state index in [1.54, 1.807) is 6.33 Å². The Labute approximate surface area is 118 Å². The number of nitrogens with two attached hydrogens (primary N) is 1. The second-order valence-electron chi connectivity index (χ2n) is 5.05. The average Bonchev–Trinajstić information content (AvgIpc) is 2.90. The van der Waals surface area contributed by atoms with Crippen molar-refractivity contribution in [3.8, 4) is 0 Å². The molecule has 0 aliphatic rings. The number of hydrogen-bond donors (Lipinski definition) is 2. The zero-order valence-corrected chi connectivity index (χ0v) is 11.6. The molecule has 0 unspecified atom stereocenters. The van der Waals surface area contributed by atoms with Crippen molar-refractivity contribution in [2.75, 3.05) is 0 Å². The first kappa shape index (κ1) is 12.8. The third kappa shape index (κ3) is 2.42. The van der Waals surface area contributed by atoms with Crippen LogP contribution in [0, 0.1) is 6.92 Å². The highest BCUT2D eigenvalue weighted by Crippen LogP contribution is 2.20. The van der Waals surface area contributed by atoms with Gasteiger partial charge in [0, 0.05) is 18.1 Å². The van der Waals surface area contributed by atoms with Crippen molar-refractivity contribution in [3.05, 3.63) is 59.2 Å². The lowest BCUT2D eigenvalue weighted by molar-refractivity contribution is 0.913.